The number of furan rings is 1. The molecule has 0 spiro atoms. The highest BCUT2D eigenvalue weighted by molar-refractivity contribution is 5.78. The van der Waals surface area contributed by atoms with Gasteiger partial charge >= 0.3 is 5.97 Å². The van der Waals surface area contributed by atoms with Gasteiger partial charge in [-0.3, -0.25) is 10.1 Å². The Labute approximate surface area is 108 Å². The second-order valence-electron chi connectivity index (χ2n) is 5.12. The number of carbonyl (C=O) groups is 1. The summed E-state index contributed by atoms with van der Waals surface area (Å²) in [5.74, 6) is 0.884. The van der Waals surface area contributed by atoms with Crippen molar-refractivity contribution in [3.8, 4) is 0 Å². The Morgan fingerprint density at radius 3 is 2.56 bits per heavy atom. The smallest absolute Gasteiger partial charge is 0.323 e. The molecule has 0 saturated heterocycles. The summed E-state index contributed by atoms with van der Waals surface area (Å²) >= 11 is 0. The summed E-state index contributed by atoms with van der Waals surface area (Å²) in [6, 6.07) is 1.91. The molecule has 2 atom stereocenters. The first-order valence-electron chi connectivity index (χ1n) is 6.38. The van der Waals surface area contributed by atoms with Crippen LogP contribution in [-0.4, -0.2) is 16.6 Å². The van der Waals surface area contributed by atoms with Gasteiger partial charge in [0.2, 0.25) is 0 Å². The van der Waals surface area contributed by atoms with Crippen LogP contribution >= 0.6 is 0 Å². The molecule has 2 N–H and O–H groups in total. The summed E-state index contributed by atoms with van der Waals surface area (Å²) in [7, 11) is 0. The predicted molar refractivity (Wildman–Crippen MR) is 70.7 cm³/mol. The van der Waals surface area contributed by atoms with E-state index in [1.54, 1.807) is 6.92 Å². The van der Waals surface area contributed by atoms with Gasteiger partial charge in [0, 0.05) is 11.6 Å². The van der Waals surface area contributed by atoms with Gasteiger partial charge in [-0.05, 0) is 40.2 Å². The van der Waals surface area contributed by atoms with Crippen LogP contribution in [0.25, 0.3) is 0 Å². The van der Waals surface area contributed by atoms with E-state index >= 15 is 0 Å². The highest BCUT2D eigenvalue weighted by Crippen LogP contribution is 2.25. The normalized spacial score (nSPS) is 16.3. The molecule has 1 rings (SSSR count). The van der Waals surface area contributed by atoms with Gasteiger partial charge in [0.05, 0.1) is 0 Å². The zero-order valence-electron chi connectivity index (χ0n) is 11.8. The van der Waals surface area contributed by atoms with Crippen molar-refractivity contribution in [1.82, 2.24) is 5.32 Å². The third kappa shape index (κ3) is 3.13. The van der Waals surface area contributed by atoms with Gasteiger partial charge in [-0.2, -0.15) is 0 Å². The Bertz CT molecular complexity index is 425. The number of carboxylic acids is 1. The molecule has 0 aliphatic rings. The first-order chi connectivity index (χ1) is 8.30. The molecular weight excluding hydrogens is 230 g/mol. The van der Waals surface area contributed by atoms with Crippen LogP contribution in [0.2, 0.25) is 0 Å². The van der Waals surface area contributed by atoms with Gasteiger partial charge in [0.1, 0.15) is 17.1 Å². The lowest BCUT2D eigenvalue weighted by Crippen LogP contribution is -2.50. The van der Waals surface area contributed by atoms with Crippen LogP contribution in [0.3, 0.4) is 0 Å². The molecule has 18 heavy (non-hydrogen) atoms. The average Bonchev–Trinajstić information content (AvgIpc) is 2.57. The minimum absolute atomic E-state index is 0.0462. The van der Waals surface area contributed by atoms with E-state index in [2.05, 4.69) is 5.32 Å². The molecule has 0 aliphatic heterocycles. The van der Waals surface area contributed by atoms with Crippen LogP contribution in [-0.2, 0) is 4.79 Å². The molecular formula is C14H23NO3. The molecule has 2 unspecified atom stereocenters. The third-order valence-electron chi connectivity index (χ3n) is 3.30. The van der Waals surface area contributed by atoms with Gasteiger partial charge in [-0.15, -0.1) is 0 Å². The fourth-order valence-electron chi connectivity index (χ4n) is 2.38. The van der Waals surface area contributed by atoms with Crippen LogP contribution in [0.5, 0.6) is 0 Å². The molecule has 0 fully saturated rings. The van der Waals surface area contributed by atoms with Crippen molar-refractivity contribution in [2.24, 2.45) is 0 Å². The number of nitrogens with one attached hydrogen (secondary N) is 1. The number of carboxylic acid groups (broad SMARTS) is 1. The topological polar surface area (TPSA) is 62.5 Å². The van der Waals surface area contributed by atoms with Crippen LogP contribution in [0.4, 0.5) is 0 Å². The first kappa shape index (κ1) is 14.8. The molecule has 0 bridgehead atoms. The van der Waals surface area contributed by atoms with E-state index in [0.29, 0.717) is 6.42 Å². The van der Waals surface area contributed by atoms with Crippen molar-refractivity contribution in [2.45, 2.75) is 59.0 Å². The van der Waals surface area contributed by atoms with Gasteiger partial charge < -0.3 is 9.52 Å². The van der Waals surface area contributed by atoms with Gasteiger partial charge in [-0.25, -0.2) is 0 Å². The molecule has 0 aliphatic carbocycles. The summed E-state index contributed by atoms with van der Waals surface area (Å²) in [4.78, 5) is 11.4. The number of hydrogen-bond acceptors (Lipinski definition) is 3. The maximum absolute atomic E-state index is 11.4. The number of hydrogen-bond donors (Lipinski definition) is 2. The summed E-state index contributed by atoms with van der Waals surface area (Å²) < 4.78 is 5.48. The van der Waals surface area contributed by atoms with E-state index in [0.717, 1.165) is 23.5 Å². The Morgan fingerprint density at radius 1 is 1.56 bits per heavy atom. The Morgan fingerprint density at radius 2 is 2.17 bits per heavy atom. The molecule has 0 amide bonds. The largest absolute Gasteiger partial charge is 0.480 e. The number of aryl methyl sites for hydroxylation is 2. The molecule has 102 valence electrons. The van der Waals surface area contributed by atoms with Crippen LogP contribution in [0, 0.1) is 13.8 Å². The summed E-state index contributed by atoms with van der Waals surface area (Å²) in [6.45, 7) is 9.48. The zero-order valence-corrected chi connectivity index (χ0v) is 11.8. The van der Waals surface area contributed by atoms with Crippen molar-refractivity contribution >= 4 is 5.97 Å². The monoisotopic (exact) mass is 253 g/mol. The number of aliphatic carboxylic acids is 1. The maximum Gasteiger partial charge on any atom is 0.323 e. The molecule has 0 radical (unpaired) electrons. The van der Waals surface area contributed by atoms with Crippen molar-refractivity contribution in [2.75, 3.05) is 0 Å². The summed E-state index contributed by atoms with van der Waals surface area (Å²) in [5, 5.41) is 12.6. The fourth-order valence-corrected chi connectivity index (χ4v) is 2.38. The van der Waals surface area contributed by atoms with Crippen molar-refractivity contribution in [3.63, 3.8) is 0 Å². The lowest BCUT2D eigenvalue weighted by molar-refractivity contribution is -0.144. The molecule has 1 aromatic heterocycles. The standard InChI is InChI=1S/C14H23NO3/c1-6-7-14(5,13(16)17)15-10(3)12-8-9(2)18-11(12)4/h8,10,15H,6-7H2,1-5H3,(H,16,17). The average molecular weight is 253 g/mol. The van der Waals surface area contributed by atoms with Gasteiger partial charge in [0.25, 0.3) is 0 Å². The minimum Gasteiger partial charge on any atom is -0.480 e. The highest BCUT2D eigenvalue weighted by atomic mass is 16.4. The minimum atomic E-state index is -0.897. The second kappa shape index (κ2) is 5.57. The van der Waals surface area contributed by atoms with E-state index in [-0.39, 0.29) is 6.04 Å². The van der Waals surface area contributed by atoms with Crippen molar-refractivity contribution in [1.29, 1.82) is 0 Å². The van der Waals surface area contributed by atoms with E-state index in [1.165, 1.54) is 0 Å². The van der Waals surface area contributed by atoms with Gasteiger partial charge in [0.15, 0.2) is 0 Å². The third-order valence-corrected chi connectivity index (χ3v) is 3.30. The quantitative estimate of drug-likeness (QED) is 0.817. The van der Waals surface area contributed by atoms with Crippen molar-refractivity contribution < 1.29 is 14.3 Å². The van der Waals surface area contributed by atoms with Crippen LogP contribution in [0.1, 0.15) is 56.7 Å². The maximum atomic E-state index is 11.4. The van der Waals surface area contributed by atoms with Crippen molar-refractivity contribution in [3.05, 3.63) is 23.2 Å². The predicted octanol–water partition coefficient (Wildman–Crippen LogP) is 3.19. The molecule has 0 aromatic carbocycles. The Kier molecular flexibility index (Phi) is 4.57. The molecule has 4 heteroatoms. The zero-order chi connectivity index (χ0) is 13.9. The first-order valence-corrected chi connectivity index (χ1v) is 6.38. The highest BCUT2D eigenvalue weighted by Gasteiger charge is 2.34. The van der Waals surface area contributed by atoms with E-state index in [1.807, 2.05) is 33.8 Å². The van der Waals surface area contributed by atoms with Crippen LogP contribution < -0.4 is 5.32 Å². The van der Waals surface area contributed by atoms with E-state index < -0.39 is 11.5 Å². The van der Waals surface area contributed by atoms with Crippen LogP contribution in [0.15, 0.2) is 10.5 Å². The second-order valence-corrected chi connectivity index (χ2v) is 5.12. The van der Waals surface area contributed by atoms with E-state index in [9.17, 15) is 9.90 Å². The summed E-state index contributed by atoms with van der Waals surface area (Å²) in [6.07, 6.45) is 1.43. The Hall–Kier alpha value is -1.29. The molecule has 1 heterocycles. The van der Waals surface area contributed by atoms with Gasteiger partial charge in [-0.1, -0.05) is 13.3 Å². The Balaban J connectivity index is 2.88. The molecule has 1 aromatic rings. The number of rotatable bonds is 6. The lowest BCUT2D eigenvalue weighted by Gasteiger charge is -2.29. The molecule has 0 saturated carbocycles. The fraction of sp³-hybridized carbons (Fsp3) is 0.643. The lowest BCUT2D eigenvalue weighted by atomic mass is 9.94. The SMILES string of the molecule is CCCC(C)(NC(C)c1cc(C)oc1C)C(=O)O. The summed E-state index contributed by atoms with van der Waals surface area (Å²) in [5.41, 5.74) is 0.127. The van der Waals surface area contributed by atoms with E-state index in [4.69, 9.17) is 4.42 Å². The molecule has 4 nitrogen and oxygen atoms in total.